The van der Waals surface area contributed by atoms with Gasteiger partial charge in [0.2, 0.25) is 11.8 Å². The van der Waals surface area contributed by atoms with E-state index in [4.69, 9.17) is 33.7 Å². The monoisotopic (exact) mass is 589 g/mol. The van der Waals surface area contributed by atoms with Crippen LogP contribution in [0, 0.1) is 10.1 Å². The molecule has 15 heteroatoms. The van der Waals surface area contributed by atoms with E-state index in [0.29, 0.717) is 59.4 Å². The molecule has 0 saturated heterocycles. The van der Waals surface area contributed by atoms with Crippen molar-refractivity contribution in [3.05, 3.63) is 61.7 Å². The van der Waals surface area contributed by atoms with Gasteiger partial charge in [-0.15, -0.1) is 0 Å². The van der Waals surface area contributed by atoms with Crippen LogP contribution >= 0.6 is 23.2 Å². The molecule has 0 aliphatic carbocycles. The highest BCUT2D eigenvalue weighted by Crippen LogP contribution is 2.32. The number of nitrogens with zero attached hydrogens (tertiary/aromatic N) is 5. The zero-order valence-corrected chi connectivity index (χ0v) is 23.6. The third-order valence-electron chi connectivity index (χ3n) is 5.71. The first-order valence-electron chi connectivity index (χ1n) is 12.4. The Balaban J connectivity index is 1.51. The summed E-state index contributed by atoms with van der Waals surface area (Å²) in [5.41, 5.74) is 6.90. The molecule has 5 N–H and O–H groups in total. The molecule has 13 nitrogen and oxygen atoms in total. The van der Waals surface area contributed by atoms with Crippen molar-refractivity contribution >= 4 is 64.1 Å². The number of hydrogen-bond acceptors (Lipinski definition) is 11. The number of fused-ring (bicyclic) bond motifs is 1. The van der Waals surface area contributed by atoms with Gasteiger partial charge in [-0.05, 0) is 45.0 Å². The molecule has 0 atom stereocenters. The van der Waals surface area contributed by atoms with E-state index >= 15 is 0 Å². The van der Waals surface area contributed by atoms with E-state index in [9.17, 15) is 14.9 Å². The minimum Gasteiger partial charge on any atom is -0.444 e. The quantitative estimate of drug-likeness (QED) is 0.154. The van der Waals surface area contributed by atoms with Crippen molar-refractivity contribution < 1.29 is 14.5 Å². The molecule has 212 valence electrons. The number of rotatable bonds is 8. The minimum atomic E-state index is -0.622. The lowest BCUT2D eigenvalue weighted by Gasteiger charge is -2.31. The molecule has 4 rings (SSSR count). The van der Waals surface area contributed by atoms with E-state index in [1.54, 1.807) is 23.1 Å². The third kappa shape index (κ3) is 7.30. The van der Waals surface area contributed by atoms with Gasteiger partial charge < -0.3 is 31.3 Å². The Morgan fingerprint density at radius 2 is 1.90 bits per heavy atom. The number of hydrogen-bond donors (Lipinski definition) is 4. The SMILES string of the molecule is CC(C)(C)OC(=O)N1CCc2nc(NCCNc3ccc([N+](=O)[O-])c(N)n3)nc(Nc3ccc(Cl)cc3Cl)c2C1. The van der Waals surface area contributed by atoms with Crippen LogP contribution in [0.25, 0.3) is 0 Å². The number of carbonyl (C=O) groups excluding carboxylic acids is 1. The van der Waals surface area contributed by atoms with Gasteiger partial charge in [0.15, 0.2) is 0 Å². The highest BCUT2D eigenvalue weighted by atomic mass is 35.5. The smallest absolute Gasteiger partial charge is 0.410 e. The maximum atomic E-state index is 12.8. The average Bonchev–Trinajstić information content (AvgIpc) is 2.87. The fraction of sp³-hybridized carbons (Fsp3) is 0.360. The van der Waals surface area contributed by atoms with Gasteiger partial charge in [-0.2, -0.15) is 4.98 Å². The fourth-order valence-electron chi connectivity index (χ4n) is 3.88. The number of nitrogens with two attached hydrogens (primary N) is 1. The summed E-state index contributed by atoms with van der Waals surface area (Å²) >= 11 is 12.5. The number of aromatic nitrogens is 3. The molecule has 1 amide bonds. The van der Waals surface area contributed by atoms with E-state index in [1.165, 1.54) is 12.1 Å². The van der Waals surface area contributed by atoms with E-state index in [0.717, 1.165) is 11.3 Å². The molecule has 2 aromatic heterocycles. The molecular formula is C25H29Cl2N9O4. The second-order valence-corrected chi connectivity index (χ2v) is 10.8. The van der Waals surface area contributed by atoms with E-state index in [1.807, 2.05) is 20.8 Å². The summed E-state index contributed by atoms with van der Waals surface area (Å²) in [5.74, 6) is 1.09. The zero-order valence-electron chi connectivity index (χ0n) is 22.1. The van der Waals surface area contributed by atoms with Crippen LogP contribution in [0.5, 0.6) is 0 Å². The van der Waals surface area contributed by atoms with Gasteiger partial charge >= 0.3 is 11.8 Å². The van der Waals surface area contributed by atoms with Gasteiger partial charge in [-0.25, -0.2) is 14.8 Å². The molecule has 40 heavy (non-hydrogen) atoms. The Hall–Kier alpha value is -4.10. The molecule has 0 fully saturated rings. The highest BCUT2D eigenvalue weighted by Gasteiger charge is 2.29. The number of nitrogen functional groups attached to an aromatic ring is 1. The standard InChI is InChI=1S/C25H29Cl2N9O4/c1-25(2,3)40-24(37)35-11-8-17-15(13-35)22(31-18-5-4-14(26)12-16(18)27)34-23(32-17)30-10-9-29-20-7-6-19(36(38)39)21(28)33-20/h4-7,12H,8-11,13H2,1-3H3,(H3,28,29,33)(H2,30,31,32,34). The summed E-state index contributed by atoms with van der Waals surface area (Å²) in [5, 5.41) is 21.3. The van der Waals surface area contributed by atoms with Crippen LogP contribution in [-0.4, -0.2) is 56.1 Å². The van der Waals surface area contributed by atoms with Gasteiger partial charge in [-0.3, -0.25) is 10.1 Å². The second kappa shape index (κ2) is 12.0. The zero-order chi connectivity index (χ0) is 29.0. The predicted molar refractivity (Wildman–Crippen MR) is 154 cm³/mol. The first-order valence-corrected chi connectivity index (χ1v) is 13.1. The summed E-state index contributed by atoms with van der Waals surface area (Å²) in [6.45, 7) is 6.97. The summed E-state index contributed by atoms with van der Waals surface area (Å²) in [6, 6.07) is 7.85. The van der Waals surface area contributed by atoms with Crippen molar-refractivity contribution in [3.8, 4) is 0 Å². The minimum absolute atomic E-state index is 0.169. The Morgan fingerprint density at radius 3 is 2.58 bits per heavy atom. The van der Waals surface area contributed by atoms with Crippen molar-refractivity contribution in [2.45, 2.75) is 39.3 Å². The number of anilines is 5. The molecule has 3 aromatic rings. The van der Waals surface area contributed by atoms with Crippen molar-refractivity contribution in [2.75, 3.05) is 41.3 Å². The van der Waals surface area contributed by atoms with Crippen LogP contribution in [0.4, 0.5) is 39.6 Å². The Labute approximate surface area is 240 Å². The summed E-state index contributed by atoms with van der Waals surface area (Å²) < 4.78 is 5.56. The number of carbonyl (C=O) groups is 1. The van der Waals surface area contributed by atoms with Crippen LogP contribution in [0.1, 0.15) is 32.0 Å². The van der Waals surface area contributed by atoms with Gasteiger partial charge in [0.1, 0.15) is 17.2 Å². The summed E-state index contributed by atoms with van der Waals surface area (Å²) in [6.07, 6.45) is 0.0846. The topological polar surface area (TPSA) is 173 Å². The van der Waals surface area contributed by atoms with Gasteiger partial charge in [0.05, 0.1) is 27.9 Å². The Bertz CT molecular complexity index is 1430. The summed E-state index contributed by atoms with van der Waals surface area (Å²) in [7, 11) is 0. The van der Waals surface area contributed by atoms with Crippen molar-refractivity contribution in [2.24, 2.45) is 0 Å². The molecule has 1 aliphatic heterocycles. The molecule has 1 aromatic carbocycles. The second-order valence-electron chi connectivity index (χ2n) is 9.93. The number of ether oxygens (including phenoxy) is 1. The van der Waals surface area contributed by atoms with E-state index in [-0.39, 0.29) is 18.1 Å². The van der Waals surface area contributed by atoms with Crippen LogP contribution in [-0.2, 0) is 17.7 Å². The van der Waals surface area contributed by atoms with Gasteiger partial charge in [-0.1, -0.05) is 23.2 Å². The maximum absolute atomic E-state index is 12.8. The molecule has 3 heterocycles. The van der Waals surface area contributed by atoms with E-state index in [2.05, 4.69) is 30.9 Å². The van der Waals surface area contributed by atoms with E-state index < -0.39 is 16.6 Å². The number of nitro groups is 1. The predicted octanol–water partition coefficient (Wildman–Crippen LogP) is 5.23. The lowest BCUT2D eigenvalue weighted by Crippen LogP contribution is -2.40. The number of benzene rings is 1. The first kappa shape index (κ1) is 28.9. The summed E-state index contributed by atoms with van der Waals surface area (Å²) in [4.78, 5) is 38.1. The molecule has 0 spiro atoms. The normalized spacial score (nSPS) is 12.9. The van der Waals surface area contributed by atoms with Crippen molar-refractivity contribution in [1.29, 1.82) is 0 Å². The van der Waals surface area contributed by atoms with Gasteiger partial charge in [0.25, 0.3) is 0 Å². The van der Waals surface area contributed by atoms with Crippen molar-refractivity contribution in [3.63, 3.8) is 0 Å². The molecular weight excluding hydrogens is 561 g/mol. The lowest BCUT2D eigenvalue weighted by atomic mass is 10.1. The number of nitrogens with one attached hydrogen (secondary N) is 3. The molecule has 0 unspecified atom stereocenters. The maximum Gasteiger partial charge on any atom is 0.410 e. The largest absolute Gasteiger partial charge is 0.444 e. The molecule has 1 aliphatic rings. The molecule has 0 saturated carbocycles. The molecule has 0 radical (unpaired) electrons. The van der Waals surface area contributed by atoms with Crippen LogP contribution in [0.15, 0.2) is 30.3 Å². The van der Waals surface area contributed by atoms with Crippen LogP contribution in [0.3, 0.4) is 0 Å². The fourth-order valence-corrected chi connectivity index (χ4v) is 4.34. The number of halogens is 2. The highest BCUT2D eigenvalue weighted by molar-refractivity contribution is 6.36. The van der Waals surface area contributed by atoms with Gasteiger partial charge in [0, 0.05) is 42.7 Å². The first-order chi connectivity index (χ1) is 18.9. The van der Waals surface area contributed by atoms with Crippen molar-refractivity contribution in [1.82, 2.24) is 19.9 Å². The lowest BCUT2D eigenvalue weighted by molar-refractivity contribution is -0.384. The average molecular weight is 590 g/mol. The number of amides is 1. The Morgan fingerprint density at radius 1 is 1.15 bits per heavy atom. The van der Waals surface area contributed by atoms with Crippen LogP contribution in [0.2, 0.25) is 10.0 Å². The Kier molecular flexibility index (Phi) is 8.64. The molecule has 0 bridgehead atoms. The van der Waals surface area contributed by atoms with Crippen LogP contribution < -0.4 is 21.7 Å². The number of pyridine rings is 1. The third-order valence-corrected chi connectivity index (χ3v) is 6.26.